The zero-order valence-corrected chi connectivity index (χ0v) is 5.98. The van der Waals surface area contributed by atoms with E-state index in [1.807, 2.05) is 6.92 Å². The van der Waals surface area contributed by atoms with Gasteiger partial charge in [-0.15, -0.1) is 12.6 Å². The molecule has 0 aliphatic carbocycles. The van der Waals surface area contributed by atoms with E-state index in [1.54, 1.807) is 10.8 Å². The highest BCUT2D eigenvalue weighted by Gasteiger charge is 1.96. The Morgan fingerprint density at radius 1 is 1.89 bits per heavy atom. The molecule has 9 heavy (non-hydrogen) atoms. The first-order valence-corrected chi connectivity index (χ1v) is 3.17. The van der Waals surface area contributed by atoms with Crippen molar-refractivity contribution in [1.29, 1.82) is 0 Å². The van der Waals surface area contributed by atoms with Crippen LogP contribution in [0.5, 0.6) is 0 Å². The smallest absolute Gasteiger partial charge is 0.312 e. The number of nitrogens with zero attached hydrogens (tertiary/aromatic N) is 1. The maximum atomic E-state index is 10.7. The third kappa shape index (κ3) is 1.03. The van der Waals surface area contributed by atoms with Gasteiger partial charge < -0.3 is 4.98 Å². The molecule has 0 saturated heterocycles. The van der Waals surface area contributed by atoms with Crippen LogP contribution in [-0.4, -0.2) is 9.55 Å². The van der Waals surface area contributed by atoms with Gasteiger partial charge in [-0.2, -0.15) is 0 Å². The summed E-state index contributed by atoms with van der Waals surface area (Å²) in [7, 11) is 0. The molecule has 1 aromatic rings. The summed E-state index contributed by atoms with van der Waals surface area (Å²) in [5.74, 6) is 0. The van der Waals surface area contributed by atoms with E-state index in [1.165, 1.54) is 0 Å². The predicted molar refractivity (Wildman–Crippen MR) is 38.0 cm³/mol. The van der Waals surface area contributed by atoms with Crippen molar-refractivity contribution >= 4 is 12.6 Å². The summed E-state index contributed by atoms with van der Waals surface area (Å²) in [6.45, 7) is 2.57. The number of aromatic nitrogens is 2. The van der Waals surface area contributed by atoms with Crippen LogP contribution in [0.25, 0.3) is 0 Å². The van der Waals surface area contributed by atoms with Crippen LogP contribution in [0.4, 0.5) is 0 Å². The molecule has 1 rings (SSSR count). The lowest BCUT2D eigenvalue weighted by molar-refractivity contribution is 0.674. The third-order valence-electron chi connectivity index (χ3n) is 1.16. The molecule has 1 aromatic heterocycles. The van der Waals surface area contributed by atoms with Gasteiger partial charge in [0, 0.05) is 12.7 Å². The van der Waals surface area contributed by atoms with Crippen LogP contribution in [0.15, 0.2) is 16.0 Å². The van der Waals surface area contributed by atoms with Gasteiger partial charge >= 0.3 is 5.69 Å². The molecule has 0 radical (unpaired) electrons. The van der Waals surface area contributed by atoms with Gasteiger partial charge in [0.2, 0.25) is 0 Å². The SMILES string of the molecule is CCn1c(S)c[nH]c1=O. The molecule has 50 valence electrons. The summed E-state index contributed by atoms with van der Waals surface area (Å²) >= 11 is 4.03. The molecule has 0 atom stereocenters. The Morgan fingerprint density at radius 3 is 2.78 bits per heavy atom. The van der Waals surface area contributed by atoms with Gasteiger partial charge in [-0.1, -0.05) is 0 Å². The van der Waals surface area contributed by atoms with Crippen LogP contribution < -0.4 is 5.69 Å². The molecule has 0 amide bonds. The van der Waals surface area contributed by atoms with Crippen molar-refractivity contribution in [3.05, 3.63) is 16.7 Å². The maximum absolute atomic E-state index is 10.7. The van der Waals surface area contributed by atoms with Gasteiger partial charge in [-0.25, -0.2) is 4.79 Å². The van der Waals surface area contributed by atoms with Crippen molar-refractivity contribution in [3.63, 3.8) is 0 Å². The first kappa shape index (κ1) is 6.48. The second kappa shape index (κ2) is 2.31. The lowest BCUT2D eigenvalue weighted by atomic mass is 10.7. The summed E-state index contributed by atoms with van der Waals surface area (Å²) in [6, 6.07) is 0. The Hall–Kier alpha value is -0.640. The van der Waals surface area contributed by atoms with Crippen molar-refractivity contribution in [2.45, 2.75) is 18.5 Å². The minimum Gasteiger partial charge on any atom is -0.312 e. The summed E-state index contributed by atoms with van der Waals surface area (Å²) in [6.07, 6.45) is 1.58. The fourth-order valence-electron chi connectivity index (χ4n) is 0.692. The molecule has 1 N–H and O–H groups in total. The standard InChI is InChI=1S/C5H8N2OS/c1-2-7-4(9)3-6-5(7)8/h3,9H,2H2,1H3,(H,6,8). The van der Waals surface area contributed by atoms with Gasteiger partial charge in [0.1, 0.15) is 0 Å². The van der Waals surface area contributed by atoms with Crippen LogP contribution in [-0.2, 0) is 6.54 Å². The average Bonchev–Trinajstić information content (AvgIpc) is 2.12. The van der Waals surface area contributed by atoms with Crippen LogP contribution >= 0.6 is 12.6 Å². The van der Waals surface area contributed by atoms with Crippen molar-refractivity contribution in [3.8, 4) is 0 Å². The molecule has 0 unspecified atom stereocenters. The molecular formula is C5H8N2OS. The van der Waals surface area contributed by atoms with Crippen LogP contribution in [0.1, 0.15) is 6.92 Å². The van der Waals surface area contributed by atoms with E-state index in [9.17, 15) is 4.79 Å². The predicted octanol–water partition coefficient (Wildman–Crippen LogP) is 0.485. The number of rotatable bonds is 1. The summed E-state index contributed by atoms with van der Waals surface area (Å²) in [4.78, 5) is 13.2. The third-order valence-corrected chi connectivity index (χ3v) is 1.53. The fourth-order valence-corrected chi connectivity index (χ4v) is 0.989. The fraction of sp³-hybridized carbons (Fsp3) is 0.400. The number of imidazole rings is 1. The minimum absolute atomic E-state index is 0.0949. The van der Waals surface area contributed by atoms with Gasteiger partial charge in [0.05, 0.1) is 5.03 Å². The topological polar surface area (TPSA) is 37.8 Å². The first-order chi connectivity index (χ1) is 4.25. The maximum Gasteiger partial charge on any atom is 0.326 e. The highest BCUT2D eigenvalue weighted by molar-refractivity contribution is 7.80. The van der Waals surface area contributed by atoms with E-state index >= 15 is 0 Å². The van der Waals surface area contributed by atoms with E-state index in [-0.39, 0.29) is 5.69 Å². The molecular weight excluding hydrogens is 136 g/mol. The average molecular weight is 144 g/mol. The van der Waals surface area contributed by atoms with E-state index in [2.05, 4.69) is 17.6 Å². The second-order valence-corrected chi connectivity index (χ2v) is 2.15. The number of aromatic amines is 1. The number of H-pyrrole nitrogens is 1. The second-order valence-electron chi connectivity index (χ2n) is 1.70. The Balaban J connectivity index is 3.23. The van der Waals surface area contributed by atoms with Gasteiger partial charge in [0.25, 0.3) is 0 Å². The first-order valence-electron chi connectivity index (χ1n) is 2.73. The van der Waals surface area contributed by atoms with Crippen molar-refractivity contribution < 1.29 is 0 Å². The van der Waals surface area contributed by atoms with E-state index in [4.69, 9.17) is 0 Å². The monoisotopic (exact) mass is 144 g/mol. The Morgan fingerprint density at radius 2 is 2.56 bits per heavy atom. The zero-order valence-electron chi connectivity index (χ0n) is 5.09. The van der Waals surface area contributed by atoms with Crippen molar-refractivity contribution in [2.75, 3.05) is 0 Å². The summed E-state index contributed by atoms with van der Waals surface area (Å²) in [5.41, 5.74) is -0.0949. The van der Waals surface area contributed by atoms with Gasteiger partial charge in [0.15, 0.2) is 0 Å². The molecule has 0 fully saturated rings. The largest absolute Gasteiger partial charge is 0.326 e. The Bertz CT molecular complexity index is 250. The van der Waals surface area contributed by atoms with Crippen molar-refractivity contribution in [1.82, 2.24) is 9.55 Å². The highest BCUT2D eigenvalue weighted by Crippen LogP contribution is 1.98. The van der Waals surface area contributed by atoms with Gasteiger partial charge in [-0.3, -0.25) is 4.57 Å². The molecule has 1 heterocycles. The zero-order chi connectivity index (χ0) is 6.85. The lowest BCUT2D eigenvalue weighted by Crippen LogP contribution is -2.15. The van der Waals surface area contributed by atoms with Crippen LogP contribution in [0, 0.1) is 0 Å². The molecule has 0 aliphatic heterocycles. The summed E-state index contributed by atoms with van der Waals surface area (Å²) in [5, 5.41) is 0.683. The molecule has 0 bridgehead atoms. The lowest BCUT2D eigenvalue weighted by Gasteiger charge is -1.93. The number of thiol groups is 1. The Kier molecular flexibility index (Phi) is 1.66. The highest BCUT2D eigenvalue weighted by atomic mass is 32.1. The molecule has 0 spiro atoms. The molecule has 0 aliphatic rings. The molecule has 0 aromatic carbocycles. The van der Waals surface area contributed by atoms with E-state index in [0.29, 0.717) is 11.6 Å². The molecule has 0 saturated carbocycles. The number of hydrogen-bond acceptors (Lipinski definition) is 2. The van der Waals surface area contributed by atoms with Gasteiger partial charge in [-0.05, 0) is 6.92 Å². The van der Waals surface area contributed by atoms with E-state index < -0.39 is 0 Å². The van der Waals surface area contributed by atoms with Crippen molar-refractivity contribution in [2.24, 2.45) is 0 Å². The molecule has 4 heteroatoms. The van der Waals surface area contributed by atoms with Crippen LogP contribution in [0.3, 0.4) is 0 Å². The quantitative estimate of drug-likeness (QED) is 0.553. The molecule has 3 nitrogen and oxygen atoms in total. The number of hydrogen-bond donors (Lipinski definition) is 2. The number of nitrogens with one attached hydrogen (secondary N) is 1. The normalized spacial score (nSPS) is 10.0. The van der Waals surface area contributed by atoms with Crippen LogP contribution in [0.2, 0.25) is 0 Å². The summed E-state index contributed by atoms with van der Waals surface area (Å²) < 4.78 is 1.54. The van der Waals surface area contributed by atoms with E-state index in [0.717, 1.165) is 0 Å². The minimum atomic E-state index is -0.0949. The Labute approximate surface area is 58.1 Å².